The number of para-hydroxylation sites is 1. The van der Waals surface area contributed by atoms with Crippen LogP contribution in [0.3, 0.4) is 0 Å². The van der Waals surface area contributed by atoms with Crippen molar-refractivity contribution >= 4 is 16.8 Å². The van der Waals surface area contributed by atoms with Gasteiger partial charge in [0, 0.05) is 29.6 Å². The molecule has 2 atom stereocenters. The number of benzene rings is 2. The number of aromatic amines is 1. The van der Waals surface area contributed by atoms with E-state index >= 15 is 0 Å². The molecule has 0 bridgehead atoms. The average molecular weight is 320 g/mol. The first-order valence-corrected chi connectivity index (χ1v) is 8.20. The number of hydrogen-bond donors (Lipinski definition) is 4. The number of aromatic nitrogens is 1. The van der Waals surface area contributed by atoms with Gasteiger partial charge in [0.05, 0.1) is 12.6 Å². The van der Waals surface area contributed by atoms with E-state index in [1.165, 1.54) is 5.56 Å². The molecular formula is C19H20N4O. The van der Waals surface area contributed by atoms with Crippen LogP contribution in [-0.4, -0.2) is 17.1 Å². The van der Waals surface area contributed by atoms with E-state index in [1.54, 1.807) is 0 Å². The number of rotatable bonds is 4. The normalized spacial score (nSPS) is 20.3. The van der Waals surface area contributed by atoms with Crippen LogP contribution in [0.2, 0.25) is 0 Å². The predicted molar refractivity (Wildman–Crippen MR) is 94.0 cm³/mol. The van der Waals surface area contributed by atoms with Crippen molar-refractivity contribution in [1.29, 1.82) is 0 Å². The second kappa shape index (κ2) is 6.47. The molecule has 1 fully saturated rings. The number of hydrogen-bond acceptors (Lipinski definition) is 3. The van der Waals surface area contributed by atoms with Crippen molar-refractivity contribution in [2.24, 2.45) is 0 Å². The maximum atomic E-state index is 12.4. The third kappa shape index (κ3) is 3.04. The molecule has 1 aliphatic rings. The van der Waals surface area contributed by atoms with Gasteiger partial charge in [-0.25, -0.2) is 10.9 Å². The van der Waals surface area contributed by atoms with Gasteiger partial charge in [0.15, 0.2) is 0 Å². The molecule has 0 aliphatic carbocycles. The van der Waals surface area contributed by atoms with Crippen molar-refractivity contribution in [2.75, 3.05) is 0 Å². The fourth-order valence-electron chi connectivity index (χ4n) is 3.25. The van der Waals surface area contributed by atoms with Gasteiger partial charge in [-0.2, -0.15) is 0 Å². The first-order valence-electron chi connectivity index (χ1n) is 8.20. The summed E-state index contributed by atoms with van der Waals surface area (Å²) >= 11 is 0. The Balaban J connectivity index is 1.37. The third-order valence-corrected chi connectivity index (χ3v) is 4.47. The highest BCUT2D eigenvalue weighted by Crippen LogP contribution is 2.21. The van der Waals surface area contributed by atoms with E-state index in [9.17, 15) is 4.79 Å². The molecule has 5 nitrogen and oxygen atoms in total. The van der Waals surface area contributed by atoms with Crippen molar-refractivity contribution in [3.05, 3.63) is 71.9 Å². The van der Waals surface area contributed by atoms with E-state index < -0.39 is 0 Å². The van der Waals surface area contributed by atoms with E-state index in [0.717, 1.165) is 22.9 Å². The van der Waals surface area contributed by atoms with Crippen LogP contribution in [0.1, 0.15) is 23.6 Å². The minimum Gasteiger partial charge on any atom is -0.361 e. The highest BCUT2D eigenvalue weighted by molar-refractivity contribution is 5.88. The number of carbonyl (C=O) groups is 1. The van der Waals surface area contributed by atoms with Gasteiger partial charge < -0.3 is 10.3 Å². The van der Waals surface area contributed by atoms with Crippen LogP contribution in [0.5, 0.6) is 0 Å². The van der Waals surface area contributed by atoms with Gasteiger partial charge in [-0.05, 0) is 17.2 Å². The fraction of sp³-hybridized carbons (Fsp3) is 0.211. The van der Waals surface area contributed by atoms with Gasteiger partial charge in [0.25, 0.3) is 0 Å². The van der Waals surface area contributed by atoms with E-state index in [-0.39, 0.29) is 18.1 Å². The lowest BCUT2D eigenvalue weighted by Crippen LogP contribution is -2.44. The van der Waals surface area contributed by atoms with Crippen LogP contribution >= 0.6 is 0 Å². The molecule has 24 heavy (non-hydrogen) atoms. The maximum Gasteiger partial charge on any atom is 0.225 e. The van der Waals surface area contributed by atoms with Crippen molar-refractivity contribution in [3.8, 4) is 0 Å². The first kappa shape index (κ1) is 14.9. The van der Waals surface area contributed by atoms with Crippen LogP contribution in [0, 0.1) is 0 Å². The lowest BCUT2D eigenvalue weighted by molar-refractivity contribution is -0.121. The van der Waals surface area contributed by atoms with E-state index in [1.807, 2.05) is 48.7 Å². The molecule has 0 spiro atoms. The number of carbonyl (C=O) groups excluding carboxylic acids is 1. The summed E-state index contributed by atoms with van der Waals surface area (Å²) in [5, 5.41) is 4.16. The van der Waals surface area contributed by atoms with Crippen molar-refractivity contribution in [2.45, 2.75) is 25.0 Å². The number of hydrazine groups is 1. The Morgan fingerprint density at radius 1 is 1.04 bits per heavy atom. The topological polar surface area (TPSA) is 69.0 Å². The Bertz CT molecular complexity index is 843. The lowest BCUT2D eigenvalue weighted by Gasteiger charge is -2.12. The summed E-state index contributed by atoms with van der Waals surface area (Å²) < 4.78 is 0. The molecule has 1 aromatic heterocycles. The summed E-state index contributed by atoms with van der Waals surface area (Å²) in [5.74, 6) is 0.0211. The Labute approximate surface area is 140 Å². The van der Waals surface area contributed by atoms with Gasteiger partial charge in [-0.3, -0.25) is 4.79 Å². The molecule has 1 saturated heterocycles. The van der Waals surface area contributed by atoms with Crippen molar-refractivity contribution in [3.63, 3.8) is 0 Å². The van der Waals surface area contributed by atoms with Crippen molar-refractivity contribution < 1.29 is 4.79 Å². The first-order chi connectivity index (χ1) is 11.8. The zero-order valence-electron chi connectivity index (χ0n) is 13.3. The molecule has 3 aromatic rings. The zero-order valence-corrected chi connectivity index (χ0v) is 13.3. The van der Waals surface area contributed by atoms with Crippen LogP contribution in [0.4, 0.5) is 0 Å². The molecule has 0 saturated carbocycles. The lowest BCUT2D eigenvalue weighted by atomic mass is 10.0. The quantitative estimate of drug-likeness (QED) is 0.597. The summed E-state index contributed by atoms with van der Waals surface area (Å²) in [6.45, 7) is 0. The standard InChI is InChI=1S/C19H20N4O/c24-19(10-14-12-20-16-9-5-4-8-15(14)16)21-18-11-17(22-23-18)13-6-2-1-3-7-13/h1-9,12,17-18,20,22-23H,10-11H2,(H,21,24). The van der Waals surface area contributed by atoms with Crippen LogP contribution in [0.15, 0.2) is 60.8 Å². The Morgan fingerprint density at radius 2 is 1.83 bits per heavy atom. The summed E-state index contributed by atoms with van der Waals surface area (Å²) in [5.41, 5.74) is 9.71. The monoisotopic (exact) mass is 320 g/mol. The predicted octanol–water partition coefficient (Wildman–Crippen LogP) is 2.39. The van der Waals surface area contributed by atoms with Gasteiger partial charge >= 0.3 is 0 Å². The number of fused-ring (bicyclic) bond motifs is 1. The molecule has 4 rings (SSSR count). The maximum absolute atomic E-state index is 12.4. The number of nitrogens with one attached hydrogen (secondary N) is 4. The molecule has 4 N–H and O–H groups in total. The SMILES string of the molecule is O=C(Cc1c[nH]c2ccccc12)NC1CC(c2ccccc2)NN1. The summed E-state index contributed by atoms with van der Waals surface area (Å²) in [6, 6.07) is 18.5. The largest absolute Gasteiger partial charge is 0.361 e. The smallest absolute Gasteiger partial charge is 0.225 e. The number of H-pyrrole nitrogens is 1. The van der Waals surface area contributed by atoms with E-state index in [2.05, 4.69) is 33.3 Å². The van der Waals surface area contributed by atoms with Crippen LogP contribution in [0.25, 0.3) is 10.9 Å². The van der Waals surface area contributed by atoms with Crippen LogP contribution in [-0.2, 0) is 11.2 Å². The molecule has 0 radical (unpaired) electrons. The molecule has 122 valence electrons. The van der Waals surface area contributed by atoms with E-state index in [0.29, 0.717) is 6.42 Å². The van der Waals surface area contributed by atoms with Gasteiger partial charge in [0.2, 0.25) is 5.91 Å². The highest BCUT2D eigenvalue weighted by atomic mass is 16.1. The Morgan fingerprint density at radius 3 is 2.71 bits per heavy atom. The molecule has 1 amide bonds. The Kier molecular flexibility index (Phi) is 4.02. The highest BCUT2D eigenvalue weighted by Gasteiger charge is 2.26. The molecule has 5 heteroatoms. The van der Waals surface area contributed by atoms with Gasteiger partial charge in [0.1, 0.15) is 0 Å². The van der Waals surface area contributed by atoms with Gasteiger partial charge in [-0.1, -0.05) is 48.5 Å². The molecule has 2 aromatic carbocycles. The minimum absolute atomic E-state index is 0.0211. The van der Waals surface area contributed by atoms with Crippen LogP contribution < -0.4 is 16.2 Å². The second-order valence-corrected chi connectivity index (χ2v) is 6.14. The third-order valence-electron chi connectivity index (χ3n) is 4.47. The summed E-state index contributed by atoms with van der Waals surface area (Å²) in [4.78, 5) is 15.6. The van der Waals surface area contributed by atoms with Gasteiger partial charge in [-0.15, -0.1) is 0 Å². The average Bonchev–Trinajstić information content (AvgIpc) is 3.23. The fourth-order valence-corrected chi connectivity index (χ4v) is 3.25. The Hall–Kier alpha value is -2.63. The summed E-state index contributed by atoms with van der Waals surface area (Å²) in [6.07, 6.45) is 3.05. The van der Waals surface area contributed by atoms with Crippen molar-refractivity contribution in [1.82, 2.24) is 21.2 Å². The summed E-state index contributed by atoms with van der Waals surface area (Å²) in [7, 11) is 0. The molecular weight excluding hydrogens is 300 g/mol. The zero-order chi connectivity index (χ0) is 16.4. The molecule has 2 heterocycles. The minimum atomic E-state index is -0.0621. The molecule has 2 unspecified atom stereocenters. The molecule has 1 aliphatic heterocycles. The second-order valence-electron chi connectivity index (χ2n) is 6.14. The van der Waals surface area contributed by atoms with E-state index in [4.69, 9.17) is 0 Å². The number of amides is 1.